The summed E-state index contributed by atoms with van der Waals surface area (Å²) >= 11 is 0. The molecule has 0 atom stereocenters. The van der Waals surface area contributed by atoms with E-state index in [1.165, 1.54) is 31.2 Å². The molecule has 1 aromatic rings. The minimum Gasteiger partial charge on any atom is -0.382 e. The average molecular weight is 463 g/mol. The Labute approximate surface area is 169 Å². The van der Waals surface area contributed by atoms with Crippen LogP contribution in [0.1, 0.15) is 44.6 Å². The Hall–Kier alpha value is -0.830. The predicted molar refractivity (Wildman–Crippen MR) is 114 cm³/mol. The fourth-order valence-electron chi connectivity index (χ4n) is 3.49. The Balaban J connectivity index is 0.00000312. The molecule has 6 nitrogen and oxygen atoms in total. The maximum Gasteiger partial charge on any atom is 0.191 e. The zero-order chi connectivity index (χ0) is 17.3. The molecule has 0 aliphatic heterocycles. The van der Waals surface area contributed by atoms with Gasteiger partial charge in [0, 0.05) is 46.6 Å². The second kappa shape index (κ2) is 11.7. The molecular formula is C18H34IN5O. The van der Waals surface area contributed by atoms with Crippen molar-refractivity contribution >= 4 is 29.9 Å². The molecule has 1 saturated carbocycles. The van der Waals surface area contributed by atoms with Crippen molar-refractivity contribution in [3.8, 4) is 0 Å². The zero-order valence-corrected chi connectivity index (χ0v) is 18.2. The molecule has 0 aromatic carbocycles. The highest BCUT2D eigenvalue weighted by molar-refractivity contribution is 14.0. The first-order valence-corrected chi connectivity index (χ1v) is 9.17. The molecule has 1 aliphatic rings. The normalized spacial score (nSPS) is 16.5. The molecule has 1 fully saturated rings. The number of ether oxygens (including phenoxy) is 1. The molecule has 0 amide bonds. The SMILES string of the molecule is CCOCCC1(CNC(=NC)NCCc2cnn(C)c2)CCCC1.I. The molecule has 1 aromatic heterocycles. The smallest absolute Gasteiger partial charge is 0.191 e. The highest BCUT2D eigenvalue weighted by atomic mass is 127. The summed E-state index contributed by atoms with van der Waals surface area (Å²) in [5, 5.41) is 11.1. The van der Waals surface area contributed by atoms with Gasteiger partial charge >= 0.3 is 0 Å². The van der Waals surface area contributed by atoms with Crippen molar-refractivity contribution < 1.29 is 4.74 Å². The number of nitrogens with zero attached hydrogens (tertiary/aromatic N) is 3. The number of hydrogen-bond acceptors (Lipinski definition) is 3. The third-order valence-electron chi connectivity index (χ3n) is 4.96. The Morgan fingerprint density at radius 1 is 1.36 bits per heavy atom. The number of nitrogens with one attached hydrogen (secondary N) is 2. The summed E-state index contributed by atoms with van der Waals surface area (Å²) in [5.74, 6) is 0.890. The van der Waals surface area contributed by atoms with E-state index in [0.717, 1.165) is 45.1 Å². The number of aliphatic imine (C=N–C) groups is 1. The molecule has 0 radical (unpaired) electrons. The predicted octanol–water partition coefficient (Wildman–Crippen LogP) is 2.73. The summed E-state index contributed by atoms with van der Waals surface area (Å²) < 4.78 is 7.43. The van der Waals surface area contributed by atoms with Crippen LogP contribution < -0.4 is 10.6 Å². The van der Waals surface area contributed by atoms with Gasteiger partial charge < -0.3 is 15.4 Å². The second-order valence-electron chi connectivity index (χ2n) is 6.78. The van der Waals surface area contributed by atoms with Crippen LogP contribution in [0.15, 0.2) is 17.4 Å². The van der Waals surface area contributed by atoms with Gasteiger partial charge in [0.05, 0.1) is 6.20 Å². The van der Waals surface area contributed by atoms with Gasteiger partial charge in [-0.2, -0.15) is 5.10 Å². The minimum absolute atomic E-state index is 0. The lowest BCUT2D eigenvalue weighted by molar-refractivity contribution is 0.105. The molecule has 1 heterocycles. The summed E-state index contributed by atoms with van der Waals surface area (Å²) in [6.45, 7) is 5.57. The van der Waals surface area contributed by atoms with E-state index in [2.05, 4.69) is 33.8 Å². The van der Waals surface area contributed by atoms with E-state index < -0.39 is 0 Å². The molecule has 25 heavy (non-hydrogen) atoms. The number of rotatable bonds is 9. The first-order valence-electron chi connectivity index (χ1n) is 9.17. The highest BCUT2D eigenvalue weighted by Crippen LogP contribution is 2.40. The molecule has 0 bridgehead atoms. The monoisotopic (exact) mass is 463 g/mol. The zero-order valence-electron chi connectivity index (χ0n) is 15.9. The van der Waals surface area contributed by atoms with E-state index in [9.17, 15) is 0 Å². The van der Waals surface area contributed by atoms with Crippen LogP contribution in [0.5, 0.6) is 0 Å². The van der Waals surface area contributed by atoms with Gasteiger partial charge in [0.25, 0.3) is 0 Å². The summed E-state index contributed by atoms with van der Waals surface area (Å²) in [5.41, 5.74) is 1.61. The van der Waals surface area contributed by atoms with Crippen LogP contribution >= 0.6 is 24.0 Å². The van der Waals surface area contributed by atoms with Crippen molar-refractivity contribution in [2.75, 3.05) is 33.4 Å². The minimum atomic E-state index is 0. The number of hydrogen-bond donors (Lipinski definition) is 2. The summed E-state index contributed by atoms with van der Waals surface area (Å²) in [6, 6.07) is 0. The van der Waals surface area contributed by atoms with Crippen molar-refractivity contribution in [2.45, 2.75) is 45.4 Å². The standard InChI is InChI=1S/C18H33N5O.HI/c1-4-24-12-10-18(8-5-6-9-18)15-21-17(19-2)20-11-7-16-13-22-23(3)14-16;/h13-14H,4-12,15H2,1-3H3,(H2,19,20,21);1H. The Morgan fingerprint density at radius 3 is 2.72 bits per heavy atom. The molecule has 2 rings (SSSR count). The van der Waals surface area contributed by atoms with Gasteiger partial charge in [0.1, 0.15) is 0 Å². The topological polar surface area (TPSA) is 63.5 Å². The molecule has 0 spiro atoms. The number of halogens is 1. The highest BCUT2D eigenvalue weighted by Gasteiger charge is 2.33. The number of aryl methyl sites for hydroxylation is 1. The third kappa shape index (κ3) is 7.52. The van der Waals surface area contributed by atoms with Crippen molar-refractivity contribution in [3.05, 3.63) is 18.0 Å². The maximum atomic E-state index is 5.59. The van der Waals surface area contributed by atoms with E-state index in [1.807, 2.05) is 25.0 Å². The van der Waals surface area contributed by atoms with Crippen LogP contribution in [0.4, 0.5) is 0 Å². The Kier molecular flexibility index (Phi) is 10.4. The molecule has 0 saturated heterocycles. The van der Waals surface area contributed by atoms with Crippen LogP contribution in [0.25, 0.3) is 0 Å². The summed E-state index contributed by atoms with van der Waals surface area (Å²) in [6.07, 6.45) is 11.3. The number of guanidine groups is 1. The average Bonchev–Trinajstić information content (AvgIpc) is 3.21. The lowest BCUT2D eigenvalue weighted by Gasteiger charge is -2.30. The van der Waals surface area contributed by atoms with Gasteiger partial charge in [-0.15, -0.1) is 24.0 Å². The van der Waals surface area contributed by atoms with Crippen LogP contribution in [0, 0.1) is 5.41 Å². The second-order valence-corrected chi connectivity index (χ2v) is 6.78. The quantitative estimate of drug-likeness (QED) is 0.256. The van der Waals surface area contributed by atoms with Crippen LogP contribution in [-0.2, 0) is 18.2 Å². The van der Waals surface area contributed by atoms with Gasteiger partial charge in [-0.05, 0) is 43.6 Å². The first-order chi connectivity index (χ1) is 11.7. The van der Waals surface area contributed by atoms with Crippen LogP contribution in [0.3, 0.4) is 0 Å². The van der Waals surface area contributed by atoms with Crippen molar-refractivity contribution in [1.29, 1.82) is 0 Å². The fraction of sp³-hybridized carbons (Fsp3) is 0.778. The van der Waals surface area contributed by atoms with Gasteiger partial charge in [-0.3, -0.25) is 9.67 Å². The molecule has 144 valence electrons. The molecule has 7 heteroatoms. The Morgan fingerprint density at radius 2 is 2.12 bits per heavy atom. The van der Waals surface area contributed by atoms with E-state index >= 15 is 0 Å². The molecule has 2 N–H and O–H groups in total. The van der Waals surface area contributed by atoms with Crippen LogP contribution in [-0.4, -0.2) is 49.1 Å². The molecular weight excluding hydrogens is 429 g/mol. The molecule has 0 unspecified atom stereocenters. The lowest BCUT2D eigenvalue weighted by Crippen LogP contribution is -2.43. The van der Waals surface area contributed by atoms with E-state index in [1.54, 1.807) is 0 Å². The largest absolute Gasteiger partial charge is 0.382 e. The first kappa shape index (κ1) is 22.2. The summed E-state index contributed by atoms with van der Waals surface area (Å²) in [4.78, 5) is 4.36. The van der Waals surface area contributed by atoms with Crippen molar-refractivity contribution in [2.24, 2.45) is 17.5 Å². The van der Waals surface area contributed by atoms with E-state index in [-0.39, 0.29) is 24.0 Å². The van der Waals surface area contributed by atoms with Gasteiger partial charge in [0.15, 0.2) is 5.96 Å². The van der Waals surface area contributed by atoms with Crippen molar-refractivity contribution in [1.82, 2.24) is 20.4 Å². The van der Waals surface area contributed by atoms with Gasteiger partial charge in [0.2, 0.25) is 0 Å². The molecule has 1 aliphatic carbocycles. The fourth-order valence-corrected chi connectivity index (χ4v) is 3.49. The van der Waals surface area contributed by atoms with Crippen LogP contribution in [0.2, 0.25) is 0 Å². The van der Waals surface area contributed by atoms with Gasteiger partial charge in [-0.25, -0.2) is 0 Å². The van der Waals surface area contributed by atoms with Gasteiger partial charge in [-0.1, -0.05) is 12.8 Å². The summed E-state index contributed by atoms with van der Waals surface area (Å²) in [7, 11) is 3.78. The maximum absolute atomic E-state index is 5.59. The third-order valence-corrected chi connectivity index (χ3v) is 4.96. The van der Waals surface area contributed by atoms with E-state index in [4.69, 9.17) is 4.74 Å². The Bertz CT molecular complexity index is 511. The van der Waals surface area contributed by atoms with E-state index in [0.29, 0.717) is 5.41 Å². The van der Waals surface area contributed by atoms with Crippen molar-refractivity contribution in [3.63, 3.8) is 0 Å². The lowest BCUT2D eigenvalue weighted by atomic mass is 9.83. The number of aromatic nitrogens is 2.